The summed E-state index contributed by atoms with van der Waals surface area (Å²) in [5.74, 6) is 1.20. The van der Waals surface area contributed by atoms with Gasteiger partial charge in [-0.3, -0.25) is 0 Å². The third kappa shape index (κ3) is 2.94. The molecule has 2 rings (SSSR count). The molecule has 0 saturated heterocycles. The average molecular weight is 289 g/mol. The van der Waals surface area contributed by atoms with Crippen LogP contribution in [0.1, 0.15) is 23.9 Å². The van der Waals surface area contributed by atoms with Crippen LogP contribution in [0, 0.1) is 6.92 Å². The SMILES string of the molecule is Cc1noc(C(C)Sc2c(Cl)cccc2Cl)n1. The van der Waals surface area contributed by atoms with E-state index in [1.54, 1.807) is 6.92 Å². The Morgan fingerprint density at radius 3 is 2.47 bits per heavy atom. The number of thioether (sulfide) groups is 1. The third-order valence-corrected chi connectivity index (χ3v) is 4.19. The van der Waals surface area contributed by atoms with Crippen LogP contribution in [0.5, 0.6) is 0 Å². The Morgan fingerprint density at radius 1 is 1.29 bits per heavy atom. The van der Waals surface area contributed by atoms with Crippen molar-refractivity contribution in [3.8, 4) is 0 Å². The van der Waals surface area contributed by atoms with Crippen molar-refractivity contribution in [1.82, 2.24) is 10.1 Å². The number of halogens is 2. The fourth-order valence-electron chi connectivity index (χ4n) is 1.30. The van der Waals surface area contributed by atoms with Crippen molar-refractivity contribution >= 4 is 35.0 Å². The van der Waals surface area contributed by atoms with Crippen LogP contribution >= 0.6 is 35.0 Å². The largest absolute Gasteiger partial charge is 0.338 e. The molecule has 0 aliphatic carbocycles. The van der Waals surface area contributed by atoms with Crippen LogP contribution in [0.25, 0.3) is 0 Å². The summed E-state index contributed by atoms with van der Waals surface area (Å²) >= 11 is 13.7. The van der Waals surface area contributed by atoms with Crippen LogP contribution in [0.3, 0.4) is 0 Å². The summed E-state index contributed by atoms with van der Waals surface area (Å²) in [5, 5.41) is 5.03. The summed E-state index contributed by atoms with van der Waals surface area (Å²) in [6.07, 6.45) is 0. The minimum Gasteiger partial charge on any atom is -0.338 e. The molecule has 0 aliphatic rings. The lowest BCUT2D eigenvalue weighted by molar-refractivity contribution is 0.376. The summed E-state index contributed by atoms with van der Waals surface area (Å²) < 4.78 is 5.11. The lowest BCUT2D eigenvalue weighted by Gasteiger charge is -2.09. The highest BCUT2D eigenvalue weighted by molar-refractivity contribution is 7.99. The van der Waals surface area contributed by atoms with Crippen LogP contribution in [-0.2, 0) is 0 Å². The molecule has 2 aromatic rings. The smallest absolute Gasteiger partial charge is 0.239 e. The Balaban J connectivity index is 2.21. The van der Waals surface area contributed by atoms with Crippen LogP contribution < -0.4 is 0 Å². The second kappa shape index (κ2) is 5.29. The highest BCUT2D eigenvalue weighted by atomic mass is 35.5. The number of hydrogen-bond acceptors (Lipinski definition) is 4. The molecule has 0 N–H and O–H groups in total. The minimum atomic E-state index is 0.00796. The van der Waals surface area contributed by atoms with E-state index >= 15 is 0 Å². The van der Waals surface area contributed by atoms with Crippen LogP contribution in [0.4, 0.5) is 0 Å². The van der Waals surface area contributed by atoms with Crippen LogP contribution in [-0.4, -0.2) is 10.1 Å². The van der Waals surface area contributed by atoms with Gasteiger partial charge in [-0.05, 0) is 26.0 Å². The molecule has 1 heterocycles. The number of nitrogens with zero attached hydrogens (tertiary/aromatic N) is 2. The fraction of sp³-hybridized carbons (Fsp3) is 0.273. The van der Waals surface area contributed by atoms with E-state index in [9.17, 15) is 0 Å². The Morgan fingerprint density at radius 2 is 1.94 bits per heavy atom. The van der Waals surface area contributed by atoms with Crippen LogP contribution in [0.15, 0.2) is 27.6 Å². The van der Waals surface area contributed by atoms with Gasteiger partial charge in [0, 0.05) is 4.90 Å². The highest BCUT2D eigenvalue weighted by Crippen LogP contribution is 2.41. The zero-order valence-electron chi connectivity index (χ0n) is 9.28. The summed E-state index contributed by atoms with van der Waals surface area (Å²) in [4.78, 5) is 5.01. The van der Waals surface area contributed by atoms with Gasteiger partial charge in [0.1, 0.15) is 0 Å². The van der Waals surface area contributed by atoms with Crippen molar-refractivity contribution in [2.45, 2.75) is 24.0 Å². The van der Waals surface area contributed by atoms with Gasteiger partial charge in [0.2, 0.25) is 5.89 Å². The van der Waals surface area contributed by atoms with E-state index in [1.807, 2.05) is 25.1 Å². The van der Waals surface area contributed by atoms with E-state index in [-0.39, 0.29) is 5.25 Å². The summed E-state index contributed by atoms with van der Waals surface area (Å²) in [5.41, 5.74) is 0. The minimum absolute atomic E-state index is 0.00796. The number of hydrogen-bond donors (Lipinski definition) is 0. The molecule has 90 valence electrons. The number of aromatic nitrogens is 2. The molecule has 3 nitrogen and oxygen atoms in total. The highest BCUT2D eigenvalue weighted by Gasteiger charge is 2.17. The summed E-state index contributed by atoms with van der Waals surface area (Å²) in [7, 11) is 0. The quantitative estimate of drug-likeness (QED) is 0.778. The molecule has 6 heteroatoms. The molecule has 0 aliphatic heterocycles. The summed E-state index contributed by atoms with van der Waals surface area (Å²) in [6.45, 7) is 3.75. The first-order valence-corrected chi connectivity index (χ1v) is 6.62. The van der Waals surface area contributed by atoms with Crippen molar-refractivity contribution in [2.24, 2.45) is 0 Å². The van der Waals surface area contributed by atoms with Gasteiger partial charge in [-0.1, -0.05) is 34.4 Å². The maximum Gasteiger partial charge on any atom is 0.239 e. The molecule has 1 atom stereocenters. The zero-order valence-corrected chi connectivity index (χ0v) is 11.6. The van der Waals surface area contributed by atoms with Gasteiger partial charge in [-0.15, -0.1) is 11.8 Å². The molecular formula is C11H10Cl2N2OS. The Hall–Kier alpha value is -0.710. The van der Waals surface area contributed by atoms with Gasteiger partial charge < -0.3 is 4.52 Å². The molecule has 1 aromatic carbocycles. The standard InChI is InChI=1S/C11H10Cl2N2OS/c1-6(11-14-7(2)15-16-11)17-10-8(12)4-3-5-9(10)13/h3-6H,1-2H3. The van der Waals surface area contributed by atoms with E-state index in [1.165, 1.54) is 11.8 Å². The third-order valence-electron chi connectivity index (χ3n) is 2.10. The molecule has 0 amide bonds. The molecule has 0 radical (unpaired) electrons. The number of aryl methyl sites for hydroxylation is 1. The molecule has 0 fully saturated rings. The zero-order chi connectivity index (χ0) is 12.4. The van der Waals surface area contributed by atoms with E-state index in [0.29, 0.717) is 21.8 Å². The van der Waals surface area contributed by atoms with Crippen LogP contribution in [0.2, 0.25) is 10.0 Å². The fourth-order valence-corrected chi connectivity index (χ4v) is 2.88. The van der Waals surface area contributed by atoms with Gasteiger partial charge >= 0.3 is 0 Å². The first-order chi connectivity index (χ1) is 8.08. The van der Waals surface area contributed by atoms with Gasteiger partial charge in [-0.25, -0.2) is 0 Å². The second-order valence-electron chi connectivity index (χ2n) is 3.49. The lowest BCUT2D eigenvalue weighted by Crippen LogP contribution is -1.89. The van der Waals surface area contributed by atoms with Gasteiger partial charge in [0.25, 0.3) is 0 Å². The Kier molecular flexibility index (Phi) is 3.97. The molecule has 1 unspecified atom stereocenters. The second-order valence-corrected chi connectivity index (χ2v) is 5.66. The first-order valence-electron chi connectivity index (χ1n) is 4.99. The van der Waals surface area contributed by atoms with Crippen molar-refractivity contribution < 1.29 is 4.52 Å². The van der Waals surface area contributed by atoms with E-state index < -0.39 is 0 Å². The lowest BCUT2D eigenvalue weighted by atomic mass is 10.4. The Bertz CT molecular complexity index is 510. The number of rotatable bonds is 3. The van der Waals surface area contributed by atoms with E-state index in [4.69, 9.17) is 27.7 Å². The van der Waals surface area contributed by atoms with E-state index in [0.717, 1.165) is 4.90 Å². The number of benzene rings is 1. The topological polar surface area (TPSA) is 38.9 Å². The van der Waals surface area contributed by atoms with Crippen molar-refractivity contribution in [3.63, 3.8) is 0 Å². The van der Waals surface area contributed by atoms with Crippen molar-refractivity contribution in [3.05, 3.63) is 40.0 Å². The first kappa shape index (κ1) is 12.7. The molecule has 1 aromatic heterocycles. The summed E-state index contributed by atoms with van der Waals surface area (Å²) in [6, 6.07) is 5.43. The predicted octanol–water partition coefficient (Wildman–Crippen LogP) is 4.54. The van der Waals surface area contributed by atoms with Gasteiger partial charge in [0.15, 0.2) is 5.82 Å². The predicted molar refractivity (Wildman–Crippen MR) is 69.8 cm³/mol. The molecule has 0 bridgehead atoms. The van der Waals surface area contributed by atoms with Crippen molar-refractivity contribution in [1.29, 1.82) is 0 Å². The molecule has 0 saturated carbocycles. The maximum absolute atomic E-state index is 6.09. The molecule has 17 heavy (non-hydrogen) atoms. The van der Waals surface area contributed by atoms with E-state index in [2.05, 4.69) is 10.1 Å². The molecule has 0 spiro atoms. The average Bonchev–Trinajstić information content (AvgIpc) is 2.70. The van der Waals surface area contributed by atoms with Gasteiger partial charge in [0.05, 0.1) is 15.3 Å². The van der Waals surface area contributed by atoms with Crippen molar-refractivity contribution in [2.75, 3.05) is 0 Å². The normalized spacial score (nSPS) is 12.7. The Labute approximate surface area is 113 Å². The maximum atomic E-state index is 6.09. The monoisotopic (exact) mass is 288 g/mol. The van der Waals surface area contributed by atoms with Gasteiger partial charge in [-0.2, -0.15) is 4.98 Å². The molecular weight excluding hydrogens is 279 g/mol.